The largest absolute Gasteiger partial charge is 0.294 e. The molecular formula is C20H19NO3S. The van der Waals surface area contributed by atoms with Gasteiger partial charge in [-0.25, -0.2) is 12.4 Å². The third kappa shape index (κ3) is 2.68. The maximum absolute atomic E-state index is 13.0. The van der Waals surface area contributed by atoms with Gasteiger partial charge in [-0.05, 0) is 62.1 Å². The molecule has 0 saturated heterocycles. The molecule has 4 rings (SSSR count). The maximum atomic E-state index is 13.0. The molecule has 2 aromatic carbocycles. The first-order valence-electron chi connectivity index (χ1n) is 8.46. The summed E-state index contributed by atoms with van der Waals surface area (Å²) in [5.74, 6) is 0.106. The fraction of sp³-hybridized carbons (Fsp3) is 0.250. The Morgan fingerprint density at radius 2 is 1.68 bits per heavy atom. The van der Waals surface area contributed by atoms with Gasteiger partial charge in [-0.2, -0.15) is 0 Å². The fourth-order valence-electron chi connectivity index (χ4n) is 3.44. The summed E-state index contributed by atoms with van der Waals surface area (Å²) in [5.41, 5.74) is 3.27. The molecule has 5 heteroatoms. The highest BCUT2D eigenvalue weighted by Gasteiger charge is 2.22. The van der Waals surface area contributed by atoms with Crippen LogP contribution in [0.25, 0.3) is 10.9 Å². The van der Waals surface area contributed by atoms with Gasteiger partial charge in [0.15, 0.2) is 5.78 Å². The van der Waals surface area contributed by atoms with Crippen molar-refractivity contribution in [2.24, 2.45) is 0 Å². The molecule has 0 unspecified atom stereocenters. The summed E-state index contributed by atoms with van der Waals surface area (Å²) < 4.78 is 27.3. The summed E-state index contributed by atoms with van der Waals surface area (Å²) in [6, 6.07) is 12.3. The lowest BCUT2D eigenvalue weighted by Crippen LogP contribution is -2.12. The average molecular weight is 353 g/mol. The van der Waals surface area contributed by atoms with E-state index in [-0.39, 0.29) is 10.7 Å². The first-order chi connectivity index (χ1) is 12.0. The van der Waals surface area contributed by atoms with Crippen molar-refractivity contribution in [2.75, 3.05) is 0 Å². The van der Waals surface area contributed by atoms with Gasteiger partial charge in [-0.1, -0.05) is 17.7 Å². The molecule has 1 aliphatic carbocycles. The summed E-state index contributed by atoms with van der Waals surface area (Å²) >= 11 is 0. The lowest BCUT2D eigenvalue weighted by molar-refractivity contribution is 0.0982. The van der Waals surface area contributed by atoms with E-state index in [4.69, 9.17) is 0 Å². The van der Waals surface area contributed by atoms with E-state index in [2.05, 4.69) is 0 Å². The Kier molecular flexibility index (Phi) is 3.76. The van der Waals surface area contributed by atoms with Crippen molar-refractivity contribution >= 4 is 26.7 Å². The molecule has 0 saturated carbocycles. The van der Waals surface area contributed by atoms with Gasteiger partial charge < -0.3 is 0 Å². The number of rotatable bonds is 2. The third-order valence-electron chi connectivity index (χ3n) is 4.86. The highest BCUT2D eigenvalue weighted by molar-refractivity contribution is 7.90. The summed E-state index contributed by atoms with van der Waals surface area (Å²) in [6.45, 7) is 1.92. The summed E-state index contributed by atoms with van der Waals surface area (Å²) in [6.07, 6.45) is 4.85. The van der Waals surface area contributed by atoms with Gasteiger partial charge in [0.05, 0.1) is 10.4 Å². The number of carbonyl (C=O) groups excluding carboxylic acids is 1. The lowest BCUT2D eigenvalue weighted by Gasteiger charge is -2.10. The standard InChI is InChI=1S/C20H19NO3S/c1-14-6-8-17(9-7-14)25(23,24)21-11-10-16-12-15-4-2-3-5-20(22)18(15)13-19(16)21/h6-13H,2-5H2,1H3. The van der Waals surface area contributed by atoms with E-state index in [1.165, 1.54) is 3.97 Å². The molecule has 0 radical (unpaired) electrons. The first-order valence-corrected chi connectivity index (χ1v) is 9.90. The lowest BCUT2D eigenvalue weighted by atomic mass is 10.0. The number of ketones is 1. The van der Waals surface area contributed by atoms with Crippen LogP contribution >= 0.6 is 0 Å². The van der Waals surface area contributed by atoms with E-state index in [0.717, 1.165) is 35.8 Å². The molecule has 1 heterocycles. The first kappa shape index (κ1) is 16.1. The van der Waals surface area contributed by atoms with Crippen molar-refractivity contribution in [2.45, 2.75) is 37.5 Å². The highest BCUT2D eigenvalue weighted by Crippen LogP contribution is 2.29. The molecular weight excluding hydrogens is 334 g/mol. The predicted molar refractivity (Wildman–Crippen MR) is 97.6 cm³/mol. The molecule has 25 heavy (non-hydrogen) atoms. The number of aromatic nitrogens is 1. The zero-order valence-corrected chi connectivity index (χ0v) is 14.8. The SMILES string of the molecule is Cc1ccc(S(=O)(=O)n2ccc3cc4c(cc32)C(=O)CCCC4)cc1. The molecule has 0 amide bonds. The number of benzene rings is 2. The van der Waals surface area contributed by atoms with Crippen LogP contribution in [0.3, 0.4) is 0 Å². The summed E-state index contributed by atoms with van der Waals surface area (Å²) in [5, 5.41) is 0.851. The molecule has 0 atom stereocenters. The van der Waals surface area contributed by atoms with Crippen LogP contribution in [-0.2, 0) is 16.4 Å². The fourth-order valence-corrected chi connectivity index (χ4v) is 4.79. The smallest absolute Gasteiger partial charge is 0.268 e. The Balaban J connectivity index is 1.91. The maximum Gasteiger partial charge on any atom is 0.268 e. The molecule has 0 aliphatic heterocycles. The van der Waals surface area contributed by atoms with Crippen LogP contribution in [0.15, 0.2) is 53.6 Å². The van der Waals surface area contributed by atoms with E-state index in [1.807, 2.05) is 13.0 Å². The Morgan fingerprint density at radius 3 is 2.44 bits per heavy atom. The van der Waals surface area contributed by atoms with Crippen molar-refractivity contribution < 1.29 is 13.2 Å². The molecule has 128 valence electrons. The molecule has 3 aromatic rings. The van der Waals surface area contributed by atoms with Gasteiger partial charge in [-0.15, -0.1) is 0 Å². The van der Waals surface area contributed by atoms with E-state index < -0.39 is 10.0 Å². The molecule has 0 bridgehead atoms. The van der Waals surface area contributed by atoms with Crippen LogP contribution in [0.1, 0.15) is 40.7 Å². The van der Waals surface area contributed by atoms with Gasteiger partial charge in [0.1, 0.15) is 0 Å². The van der Waals surface area contributed by atoms with E-state index in [1.54, 1.807) is 42.6 Å². The number of carbonyl (C=O) groups is 1. The minimum Gasteiger partial charge on any atom is -0.294 e. The van der Waals surface area contributed by atoms with Crippen LogP contribution in [-0.4, -0.2) is 18.2 Å². The predicted octanol–water partition coefficient (Wildman–Crippen LogP) is 4.10. The highest BCUT2D eigenvalue weighted by atomic mass is 32.2. The second kappa shape index (κ2) is 5.85. The van der Waals surface area contributed by atoms with Crippen molar-refractivity contribution in [1.29, 1.82) is 0 Å². The number of fused-ring (bicyclic) bond motifs is 2. The number of hydrogen-bond donors (Lipinski definition) is 0. The van der Waals surface area contributed by atoms with Crippen LogP contribution < -0.4 is 0 Å². The molecule has 1 aliphatic rings. The van der Waals surface area contributed by atoms with Gasteiger partial charge >= 0.3 is 0 Å². The zero-order valence-electron chi connectivity index (χ0n) is 14.0. The summed E-state index contributed by atoms with van der Waals surface area (Å²) in [4.78, 5) is 12.6. The van der Waals surface area contributed by atoms with Gasteiger partial charge in [-0.3, -0.25) is 4.79 Å². The molecule has 4 nitrogen and oxygen atoms in total. The average Bonchev–Trinajstić information content (AvgIpc) is 2.93. The topological polar surface area (TPSA) is 56.1 Å². The zero-order chi connectivity index (χ0) is 17.6. The molecule has 1 aromatic heterocycles. The number of aryl methyl sites for hydroxylation is 2. The third-order valence-corrected chi connectivity index (χ3v) is 6.56. The second-order valence-corrected chi connectivity index (χ2v) is 8.44. The van der Waals surface area contributed by atoms with E-state index in [9.17, 15) is 13.2 Å². The molecule has 0 N–H and O–H groups in total. The van der Waals surface area contributed by atoms with Crippen molar-refractivity contribution in [3.8, 4) is 0 Å². The number of nitrogens with zero attached hydrogens (tertiary/aromatic N) is 1. The van der Waals surface area contributed by atoms with Gasteiger partial charge in [0.25, 0.3) is 10.0 Å². The Labute approximate surface area is 147 Å². The Morgan fingerprint density at radius 1 is 0.960 bits per heavy atom. The van der Waals surface area contributed by atoms with Crippen LogP contribution in [0.4, 0.5) is 0 Å². The number of Topliss-reactive ketones (excluding diaryl/α,β-unsaturated/α-hetero) is 1. The van der Waals surface area contributed by atoms with Crippen LogP contribution in [0.5, 0.6) is 0 Å². The van der Waals surface area contributed by atoms with E-state index in [0.29, 0.717) is 17.5 Å². The minimum atomic E-state index is -3.69. The molecule has 0 spiro atoms. The van der Waals surface area contributed by atoms with Gasteiger partial charge in [0.2, 0.25) is 0 Å². The second-order valence-electron chi connectivity index (χ2n) is 6.63. The normalized spacial score (nSPS) is 15.2. The van der Waals surface area contributed by atoms with E-state index >= 15 is 0 Å². The van der Waals surface area contributed by atoms with Crippen molar-refractivity contribution in [3.63, 3.8) is 0 Å². The number of hydrogen-bond acceptors (Lipinski definition) is 3. The van der Waals surface area contributed by atoms with Crippen molar-refractivity contribution in [1.82, 2.24) is 3.97 Å². The van der Waals surface area contributed by atoms with Gasteiger partial charge in [0, 0.05) is 23.6 Å². The molecule has 0 fully saturated rings. The minimum absolute atomic E-state index is 0.106. The Hall–Kier alpha value is -2.40. The van der Waals surface area contributed by atoms with Crippen LogP contribution in [0.2, 0.25) is 0 Å². The van der Waals surface area contributed by atoms with Crippen molar-refractivity contribution in [3.05, 3.63) is 65.4 Å². The van der Waals surface area contributed by atoms with Crippen LogP contribution in [0, 0.1) is 6.92 Å². The quantitative estimate of drug-likeness (QED) is 0.652. The monoisotopic (exact) mass is 353 g/mol. The summed E-state index contributed by atoms with van der Waals surface area (Å²) in [7, 11) is -3.69. The Bertz CT molecular complexity index is 1080.